The van der Waals surface area contributed by atoms with Crippen LogP contribution in [0, 0.1) is 0 Å². The summed E-state index contributed by atoms with van der Waals surface area (Å²) in [6.07, 6.45) is 1.82. The number of carbonyl (C=O) groups excluding carboxylic acids is 1. The SMILES string of the molecule is CN1CCC(OC(=O)CC2Oc3ccccc3-c3ccccc32)CC1. The van der Waals surface area contributed by atoms with Gasteiger partial charge >= 0.3 is 5.97 Å². The predicted octanol–water partition coefficient (Wildman–Crippen LogP) is 3.81. The van der Waals surface area contributed by atoms with Gasteiger partial charge in [0.25, 0.3) is 0 Å². The molecule has 2 aliphatic rings. The zero-order valence-corrected chi connectivity index (χ0v) is 14.5. The molecule has 1 saturated heterocycles. The second-order valence-electron chi connectivity index (χ2n) is 6.89. The maximum absolute atomic E-state index is 12.5. The lowest BCUT2D eigenvalue weighted by atomic mass is 9.91. The number of fused-ring (bicyclic) bond motifs is 3. The van der Waals surface area contributed by atoms with Crippen molar-refractivity contribution in [2.24, 2.45) is 0 Å². The Hall–Kier alpha value is -2.33. The molecule has 0 N–H and O–H groups in total. The number of benzene rings is 2. The highest BCUT2D eigenvalue weighted by atomic mass is 16.5. The molecule has 2 heterocycles. The second kappa shape index (κ2) is 6.89. The highest BCUT2D eigenvalue weighted by Crippen LogP contribution is 2.43. The number of ether oxygens (including phenoxy) is 2. The lowest BCUT2D eigenvalue weighted by Gasteiger charge is -2.30. The Morgan fingerprint density at radius 3 is 2.56 bits per heavy atom. The first kappa shape index (κ1) is 16.2. The summed E-state index contributed by atoms with van der Waals surface area (Å²) in [6.45, 7) is 1.96. The van der Waals surface area contributed by atoms with Gasteiger partial charge in [-0.1, -0.05) is 42.5 Å². The van der Waals surface area contributed by atoms with Crippen LogP contribution >= 0.6 is 0 Å². The van der Waals surface area contributed by atoms with Crippen LogP contribution in [0.3, 0.4) is 0 Å². The third kappa shape index (κ3) is 3.40. The Bertz CT molecular complexity index is 765. The summed E-state index contributed by atoms with van der Waals surface area (Å²) >= 11 is 0. The first-order chi connectivity index (χ1) is 12.2. The van der Waals surface area contributed by atoms with Crippen molar-refractivity contribution in [1.29, 1.82) is 0 Å². The molecular weight excluding hydrogens is 314 g/mol. The molecule has 0 spiro atoms. The first-order valence-electron chi connectivity index (χ1n) is 8.94. The van der Waals surface area contributed by atoms with Gasteiger partial charge in [-0.2, -0.15) is 0 Å². The molecule has 2 aliphatic heterocycles. The van der Waals surface area contributed by atoms with Gasteiger partial charge in [0, 0.05) is 24.2 Å². The number of esters is 1. The molecule has 4 rings (SSSR count). The summed E-state index contributed by atoms with van der Waals surface area (Å²) in [6, 6.07) is 16.1. The second-order valence-corrected chi connectivity index (χ2v) is 6.89. The molecule has 0 bridgehead atoms. The van der Waals surface area contributed by atoms with Gasteiger partial charge in [0.15, 0.2) is 0 Å². The van der Waals surface area contributed by atoms with Crippen molar-refractivity contribution in [3.8, 4) is 16.9 Å². The monoisotopic (exact) mass is 337 g/mol. The van der Waals surface area contributed by atoms with Crippen LogP contribution in [0.25, 0.3) is 11.1 Å². The minimum Gasteiger partial charge on any atom is -0.484 e. The molecule has 130 valence electrons. The molecule has 2 aromatic carbocycles. The van der Waals surface area contributed by atoms with Crippen LogP contribution in [0.1, 0.15) is 30.9 Å². The van der Waals surface area contributed by atoms with E-state index >= 15 is 0 Å². The molecule has 0 radical (unpaired) electrons. The summed E-state index contributed by atoms with van der Waals surface area (Å²) in [5.74, 6) is 0.659. The Morgan fingerprint density at radius 1 is 1.08 bits per heavy atom. The summed E-state index contributed by atoms with van der Waals surface area (Å²) < 4.78 is 11.8. The lowest BCUT2D eigenvalue weighted by molar-refractivity contribution is -0.153. The summed E-state index contributed by atoms with van der Waals surface area (Å²) in [5, 5.41) is 0. The topological polar surface area (TPSA) is 38.8 Å². The van der Waals surface area contributed by atoms with E-state index in [-0.39, 0.29) is 24.6 Å². The van der Waals surface area contributed by atoms with Gasteiger partial charge in [-0.3, -0.25) is 4.79 Å². The minimum absolute atomic E-state index is 0.0369. The third-order valence-electron chi connectivity index (χ3n) is 5.07. The van der Waals surface area contributed by atoms with E-state index in [0.717, 1.165) is 48.4 Å². The van der Waals surface area contributed by atoms with E-state index in [1.807, 2.05) is 36.4 Å². The van der Waals surface area contributed by atoms with E-state index in [9.17, 15) is 4.79 Å². The fraction of sp³-hybridized carbons (Fsp3) is 0.381. The minimum atomic E-state index is -0.287. The zero-order valence-electron chi connectivity index (χ0n) is 14.5. The van der Waals surface area contributed by atoms with Crippen molar-refractivity contribution in [2.45, 2.75) is 31.5 Å². The largest absolute Gasteiger partial charge is 0.484 e. The number of likely N-dealkylation sites (tertiary alicyclic amines) is 1. The summed E-state index contributed by atoms with van der Waals surface area (Å²) in [4.78, 5) is 14.7. The average molecular weight is 337 g/mol. The Labute approximate surface area is 148 Å². The molecule has 4 heteroatoms. The Morgan fingerprint density at radius 2 is 1.76 bits per heavy atom. The molecule has 1 atom stereocenters. The number of hydrogen-bond acceptors (Lipinski definition) is 4. The van der Waals surface area contributed by atoms with E-state index in [0.29, 0.717) is 0 Å². The van der Waals surface area contributed by atoms with Crippen LogP contribution < -0.4 is 4.74 Å². The van der Waals surface area contributed by atoms with Gasteiger partial charge in [0.1, 0.15) is 18.0 Å². The average Bonchev–Trinajstić information content (AvgIpc) is 2.64. The molecule has 0 aliphatic carbocycles. The fourth-order valence-corrected chi connectivity index (χ4v) is 3.67. The van der Waals surface area contributed by atoms with Gasteiger partial charge in [-0.25, -0.2) is 0 Å². The van der Waals surface area contributed by atoms with E-state index in [1.54, 1.807) is 0 Å². The predicted molar refractivity (Wildman–Crippen MR) is 96.5 cm³/mol. The number of piperidine rings is 1. The van der Waals surface area contributed by atoms with Crippen molar-refractivity contribution in [3.63, 3.8) is 0 Å². The maximum atomic E-state index is 12.5. The van der Waals surface area contributed by atoms with Crippen LogP contribution in [-0.4, -0.2) is 37.1 Å². The standard InChI is InChI=1S/C21H23NO3/c1-22-12-10-15(11-13-22)24-21(23)14-20-18-8-3-2-6-16(18)17-7-4-5-9-19(17)25-20/h2-9,15,20H,10-14H2,1H3. The molecule has 25 heavy (non-hydrogen) atoms. The van der Waals surface area contributed by atoms with Gasteiger partial charge < -0.3 is 14.4 Å². The van der Waals surface area contributed by atoms with Crippen molar-refractivity contribution in [1.82, 2.24) is 4.90 Å². The molecule has 0 saturated carbocycles. The number of nitrogens with zero attached hydrogens (tertiary/aromatic N) is 1. The van der Waals surface area contributed by atoms with Crippen LogP contribution in [-0.2, 0) is 9.53 Å². The van der Waals surface area contributed by atoms with Crippen LogP contribution in [0.15, 0.2) is 48.5 Å². The zero-order chi connectivity index (χ0) is 17.2. The Kier molecular flexibility index (Phi) is 4.45. The van der Waals surface area contributed by atoms with Gasteiger partial charge in [-0.15, -0.1) is 0 Å². The van der Waals surface area contributed by atoms with Gasteiger partial charge in [0.05, 0.1) is 6.42 Å². The van der Waals surface area contributed by atoms with Crippen molar-refractivity contribution >= 4 is 5.97 Å². The van der Waals surface area contributed by atoms with Crippen LogP contribution in [0.2, 0.25) is 0 Å². The molecule has 1 unspecified atom stereocenters. The molecule has 0 aromatic heterocycles. The molecule has 0 amide bonds. The Balaban J connectivity index is 1.49. The highest BCUT2D eigenvalue weighted by molar-refractivity contribution is 5.78. The van der Waals surface area contributed by atoms with Crippen molar-refractivity contribution < 1.29 is 14.3 Å². The highest BCUT2D eigenvalue weighted by Gasteiger charge is 2.29. The maximum Gasteiger partial charge on any atom is 0.310 e. The molecule has 4 nitrogen and oxygen atoms in total. The molecule has 1 fully saturated rings. The number of hydrogen-bond donors (Lipinski definition) is 0. The van der Waals surface area contributed by atoms with E-state index in [4.69, 9.17) is 9.47 Å². The van der Waals surface area contributed by atoms with E-state index in [2.05, 4.69) is 24.1 Å². The van der Waals surface area contributed by atoms with E-state index in [1.165, 1.54) is 0 Å². The van der Waals surface area contributed by atoms with Crippen molar-refractivity contribution in [2.75, 3.05) is 20.1 Å². The van der Waals surface area contributed by atoms with E-state index < -0.39 is 0 Å². The lowest BCUT2D eigenvalue weighted by Crippen LogP contribution is -2.35. The third-order valence-corrected chi connectivity index (χ3v) is 5.07. The van der Waals surface area contributed by atoms with Gasteiger partial charge in [-0.05, 0) is 31.5 Å². The molecular formula is C21H23NO3. The normalized spacial score (nSPS) is 20.3. The fourth-order valence-electron chi connectivity index (χ4n) is 3.67. The number of para-hydroxylation sites is 1. The summed E-state index contributed by atoms with van der Waals surface area (Å²) in [7, 11) is 2.10. The molecule has 2 aromatic rings. The van der Waals surface area contributed by atoms with Gasteiger partial charge in [0.2, 0.25) is 0 Å². The number of rotatable bonds is 3. The number of carbonyl (C=O) groups is 1. The summed E-state index contributed by atoms with van der Waals surface area (Å²) in [5.41, 5.74) is 3.28. The first-order valence-corrected chi connectivity index (χ1v) is 8.94. The van der Waals surface area contributed by atoms with Crippen LogP contribution in [0.5, 0.6) is 5.75 Å². The smallest absolute Gasteiger partial charge is 0.310 e. The van der Waals surface area contributed by atoms with Crippen LogP contribution in [0.4, 0.5) is 0 Å². The van der Waals surface area contributed by atoms with Crippen molar-refractivity contribution in [3.05, 3.63) is 54.1 Å². The quantitative estimate of drug-likeness (QED) is 0.798.